The molecule has 0 aliphatic carbocycles. The predicted octanol–water partition coefficient (Wildman–Crippen LogP) is 1.61. The van der Waals surface area contributed by atoms with Crippen LogP contribution in [0.1, 0.15) is 6.92 Å². The lowest BCUT2D eigenvalue weighted by molar-refractivity contribution is 0.333. The molecule has 2 nitrogen and oxygen atoms in total. The van der Waals surface area contributed by atoms with Gasteiger partial charge in [-0.1, -0.05) is 0 Å². The number of aliphatic hydroxyl groups excluding tert-OH is 1. The van der Waals surface area contributed by atoms with Gasteiger partial charge in [0.15, 0.2) is 0 Å². The van der Waals surface area contributed by atoms with Gasteiger partial charge in [-0.15, -0.1) is 0 Å². The second-order valence-corrected chi connectivity index (χ2v) is 1.25. The minimum atomic E-state index is 0.215. The van der Waals surface area contributed by atoms with E-state index in [0.717, 1.165) is 0 Å². The summed E-state index contributed by atoms with van der Waals surface area (Å²) in [6.07, 6.45) is 4.46. The van der Waals surface area contributed by atoms with Crippen LogP contribution in [0.2, 0.25) is 0 Å². The highest BCUT2D eigenvalue weighted by atomic mass is 16.5. The van der Waals surface area contributed by atoms with E-state index in [0.29, 0.717) is 0 Å². The van der Waals surface area contributed by atoms with Crippen molar-refractivity contribution in [3.05, 3.63) is 24.2 Å². The third-order valence-corrected chi connectivity index (χ3v) is 0.671. The van der Waals surface area contributed by atoms with E-state index in [-0.39, 0.29) is 5.76 Å². The Morgan fingerprint density at radius 2 is 2.25 bits per heavy atom. The second-order valence-electron chi connectivity index (χ2n) is 1.25. The second kappa shape index (κ2) is 4.24. The molecular weight excluding hydrogens is 104 g/mol. The molecule has 0 aliphatic heterocycles. The van der Waals surface area contributed by atoms with E-state index < -0.39 is 0 Å². The first-order valence-electron chi connectivity index (χ1n) is 2.36. The molecule has 0 aromatic heterocycles. The first kappa shape index (κ1) is 7.08. The van der Waals surface area contributed by atoms with Crippen molar-refractivity contribution in [1.29, 1.82) is 0 Å². The van der Waals surface area contributed by atoms with Crippen LogP contribution < -0.4 is 0 Å². The van der Waals surface area contributed by atoms with Gasteiger partial charge in [-0.2, -0.15) is 0 Å². The first-order valence-corrected chi connectivity index (χ1v) is 2.36. The first-order chi connectivity index (χ1) is 3.81. The lowest BCUT2D eigenvalue weighted by Gasteiger charge is -1.86. The molecule has 0 saturated heterocycles. The van der Waals surface area contributed by atoms with E-state index >= 15 is 0 Å². The summed E-state index contributed by atoms with van der Waals surface area (Å²) in [6, 6.07) is 0. The molecule has 0 heterocycles. The van der Waals surface area contributed by atoms with Crippen molar-refractivity contribution in [2.45, 2.75) is 6.92 Å². The van der Waals surface area contributed by atoms with Gasteiger partial charge in [-0.25, -0.2) is 0 Å². The van der Waals surface area contributed by atoms with Gasteiger partial charge >= 0.3 is 0 Å². The predicted molar refractivity (Wildman–Crippen MR) is 32.5 cm³/mol. The van der Waals surface area contributed by atoms with Crippen LogP contribution in [-0.4, -0.2) is 12.2 Å². The average Bonchev–Trinajstić information content (AvgIpc) is 1.83. The number of hydrogen-bond acceptors (Lipinski definition) is 2. The molecule has 0 atom stereocenters. The Morgan fingerprint density at radius 3 is 2.62 bits per heavy atom. The van der Waals surface area contributed by atoms with Gasteiger partial charge in [0, 0.05) is 6.08 Å². The van der Waals surface area contributed by atoms with Gasteiger partial charge in [0.2, 0.25) is 0 Å². The third kappa shape index (κ3) is 3.28. The van der Waals surface area contributed by atoms with Crippen LogP contribution in [0.4, 0.5) is 0 Å². The Bertz CT molecular complexity index is 103. The van der Waals surface area contributed by atoms with E-state index in [4.69, 9.17) is 5.11 Å². The standard InChI is InChI=1S/C6H10O2/c1-3-6(7)4-5-8-2/h3-5,7H,1-2H3/b5-4+,6-3+. The SMILES string of the molecule is C/C=C(O)\C=C\OC. The number of methoxy groups -OCH3 is 1. The summed E-state index contributed by atoms with van der Waals surface area (Å²) in [5.74, 6) is 0.215. The van der Waals surface area contributed by atoms with E-state index in [1.807, 2.05) is 0 Å². The van der Waals surface area contributed by atoms with E-state index in [2.05, 4.69) is 4.74 Å². The summed E-state index contributed by atoms with van der Waals surface area (Å²) in [5, 5.41) is 8.68. The van der Waals surface area contributed by atoms with Crippen molar-refractivity contribution in [3.8, 4) is 0 Å². The molecular formula is C6H10O2. The zero-order valence-electron chi connectivity index (χ0n) is 5.09. The zero-order chi connectivity index (χ0) is 6.41. The Labute approximate surface area is 49.1 Å². The van der Waals surface area contributed by atoms with Gasteiger partial charge in [0.25, 0.3) is 0 Å². The summed E-state index contributed by atoms with van der Waals surface area (Å²) >= 11 is 0. The molecule has 1 N–H and O–H groups in total. The molecule has 0 radical (unpaired) electrons. The van der Waals surface area contributed by atoms with Crippen molar-refractivity contribution >= 4 is 0 Å². The van der Waals surface area contributed by atoms with Crippen LogP contribution in [0.5, 0.6) is 0 Å². The lowest BCUT2D eigenvalue weighted by Crippen LogP contribution is -1.71. The van der Waals surface area contributed by atoms with Crippen LogP contribution in [0, 0.1) is 0 Å². The van der Waals surface area contributed by atoms with Gasteiger partial charge in [0.05, 0.1) is 13.4 Å². The van der Waals surface area contributed by atoms with Gasteiger partial charge in [-0.05, 0) is 13.0 Å². The summed E-state index contributed by atoms with van der Waals surface area (Å²) in [7, 11) is 1.53. The molecule has 0 unspecified atom stereocenters. The smallest absolute Gasteiger partial charge is 0.114 e. The Morgan fingerprint density at radius 1 is 1.62 bits per heavy atom. The molecule has 0 rings (SSSR count). The van der Waals surface area contributed by atoms with Crippen LogP contribution in [-0.2, 0) is 4.74 Å². The fourth-order valence-corrected chi connectivity index (χ4v) is 0.234. The number of ether oxygens (including phenoxy) is 1. The number of hydrogen-bond donors (Lipinski definition) is 1. The van der Waals surface area contributed by atoms with E-state index in [1.165, 1.54) is 19.4 Å². The molecule has 0 saturated carbocycles. The van der Waals surface area contributed by atoms with Gasteiger partial charge in [-0.3, -0.25) is 0 Å². The maximum Gasteiger partial charge on any atom is 0.114 e. The van der Waals surface area contributed by atoms with Gasteiger partial charge < -0.3 is 9.84 Å². The molecule has 0 fully saturated rings. The van der Waals surface area contributed by atoms with Crippen molar-refractivity contribution in [2.24, 2.45) is 0 Å². The molecule has 46 valence electrons. The number of aliphatic hydroxyl groups is 1. The molecule has 0 bridgehead atoms. The average molecular weight is 114 g/mol. The molecule has 0 aromatic carbocycles. The molecule has 0 amide bonds. The fraction of sp³-hybridized carbons (Fsp3) is 0.333. The summed E-state index contributed by atoms with van der Waals surface area (Å²) in [4.78, 5) is 0. The summed E-state index contributed by atoms with van der Waals surface area (Å²) in [6.45, 7) is 1.75. The zero-order valence-corrected chi connectivity index (χ0v) is 5.09. The van der Waals surface area contributed by atoms with Crippen molar-refractivity contribution < 1.29 is 9.84 Å². The minimum absolute atomic E-state index is 0.215. The Hall–Kier alpha value is -0.920. The van der Waals surface area contributed by atoms with Gasteiger partial charge in [0.1, 0.15) is 5.76 Å². The molecule has 8 heavy (non-hydrogen) atoms. The van der Waals surface area contributed by atoms with Crippen molar-refractivity contribution in [1.82, 2.24) is 0 Å². The monoisotopic (exact) mass is 114 g/mol. The summed E-state index contributed by atoms with van der Waals surface area (Å²) < 4.78 is 4.53. The maximum atomic E-state index is 8.68. The fourth-order valence-electron chi connectivity index (χ4n) is 0.234. The highest BCUT2D eigenvalue weighted by Crippen LogP contribution is 1.87. The maximum absolute atomic E-state index is 8.68. The largest absolute Gasteiger partial charge is 0.508 e. The third-order valence-electron chi connectivity index (χ3n) is 0.671. The van der Waals surface area contributed by atoms with Crippen LogP contribution in [0.15, 0.2) is 24.2 Å². The Kier molecular flexibility index (Phi) is 3.76. The molecule has 0 aromatic rings. The molecule has 2 heteroatoms. The topological polar surface area (TPSA) is 29.5 Å². The Balaban J connectivity index is 3.53. The van der Waals surface area contributed by atoms with Crippen molar-refractivity contribution in [3.63, 3.8) is 0 Å². The molecule has 0 aliphatic rings. The quantitative estimate of drug-likeness (QED) is 0.436. The van der Waals surface area contributed by atoms with Crippen molar-refractivity contribution in [2.75, 3.05) is 7.11 Å². The minimum Gasteiger partial charge on any atom is -0.508 e. The van der Waals surface area contributed by atoms with E-state index in [9.17, 15) is 0 Å². The number of allylic oxidation sites excluding steroid dienone is 2. The highest BCUT2D eigenvalue weighted by molar-refractivity contribution is 5.06. The lowest BCUT2D eigenvalue weighted by atomic mass is 10.5. The van der Waals surface area contributed by atoms with Crippen LogP contribution in [0.25, 0.3) is 0 Å². The highest BCUT2D eigenvalue weighted by Gasteiger charge is 1.75. The van der Waals surface area contributed by atoms with Crippen LogP contribution in [0.3, 0.4) is 0 Å². The normalized spacial score (nSPS) is 12.5. The number of rotatable bonds is 2. The van der Waals surface area contributed by atoms with Crippen LogP contribution >= 0.6 is 0 Å². The van der Waals surface area contributed by atoms with E-state index in [1.54, 1.807) is 13.0 Å². The molecule has 0 spiro atoms. The summed E-state index contributed by atoms with van der Waals surface area (Å²) in [5.41, 5.74) is 0.